The number of carbonyl (C=O) groups is 2. The van der Waals surface area contributed by atoms with Crippen LogP contribution in [0.15, 0.2) is 11.6 Å². The van der Waals surface area contributed by atoms with Gasteiger partial charge in [0.1, 0.15) is 0 Å². The molecule has 3 fully saturated rings. The predicted octanol–water partition coefficient (Wildman–Crippen LogP) is 6.11. The van der Waals surface area contributed by atoms with Crippen LogP contribution in [-0.4, -0.2) is 18.4 Å². The van der Waals surface area contributed by atoms with E-state index in [0.29, 0.717) is 30.1 Å². The molecule has 3 nitrogen and oxygen atoms in total. The highest BCUT2D eigenvalue weighted by atomic mass is 16.5. The third-order valence-electron chi connectivity index (χ3n) is 9.83. The number of rotatable bonds is 5. The number of hydrogen-bond acceptors (Lipinski definition) is 3. The molecule has 0 unspecified atom stereocenters. The van der Waals surface area contributed by atoms with Crippen LogP contribution < -0.4 is 0 Å². The van der Waals surface area contributed by atoms with E-state index in [-0.39, 0.29) is 11.4 Å². The molecule has 3 saturated carbocycles. The maximum absolute atomic E-state index is 12.0. The van der Waals surface area contributed by atoms with Crippen molar-refractivity contribution in [2.45, 2.75) is 91.9 Å². The molecule has 0 radical (unpaired) electrons. The van der Waals surface area contributed by atoms with E-state index in [0.717, 1.165) is 49.4 Å². The zero-order valence-corrected chi connectivity index (χ0v) is 19.0. The van der Waals surface area contributed by atoms with E-state index in [4.69, 9.17) is 4.74 Å². The van der Waals surface area contributed by atoms with Crippen LogP contribution in [0, 0.1) is 40.4 Å². The van der Waals surface area contributed by atoms with Gasteiger partial charge in [-0.1, -0.05) is 26.3 Å². The Morgan fingerprint density at radius 3 is 2.69 bits per heavy atom. The lowest BCUT2D eigenvalue weighted by Gasteiger charge is -2.58. The van der Waals surface area contributed by atoms with E-state index >= 15 is 0 Å². The first-order chi connectivity index (χ1) is 13.8. The summed E-state index contributed by atoms with van der Waals surface area (Å²) in [5, 5.41) is 0. The molecule has 0 aromatic heterocycles. The number of ether oxygens (including phenoxy) is 1. The summed E-state index contributed by atoms with van der Waals surface area (Å²) in [6, 6.07) is 0. The molecule has 0 aromatic rings. The van der Waals surface area contributed by atoms with Crippen molar-refractivity contribution in [2.75, 3.05) is 6.61 Å². The third kappa shape index (κ3) is 3.51. The number of esters is 1. The minimum Gasteiger partial charge on any atom is -0.466 e. The third-order valence-corrected chi connectivity index (χ3v) is 9.83. The van der Waals surface area contributed by atoms with Crippen molar-refractivity contribution < 1.29 is 14.3 Å². The highest BCUT2D eigenvalue weighted by molar-refractivity contribution is 5.91. The van der Waals surface area contributed by atoms with Crippen molar-refractivity contribution in [3.8, 4) is 0 Å². The van der Waals surface area contributed by atoms with Gasteiger partial charge in [-0.25, -0.2) is 0 Å². The van der Waals surface area contributed by atoms with Gasteiger partial charge in [0.05, 0.1) is 6.61 Å². The summed E-state index contributed by atoms with van der Waals surface area (Å²) in [4.78, 5) is 23.9. The van der Waals surface area contributed by atoms with Crippen LogP contribution in [-0.2, 0) is 14.3 Å². The van der Waals surface area contributed by atoms with Gasteiger partial charge in [-0.2, -0.15) is 0 Å². The molecule has 0 aliphatic heterocycles. The van der Waals surface area contributed by atoms with E-state index in [1.807, 2.05) is 13.0 Å². The first-order valence-electron chi connectivity index (χ1n) is 12.2. The lowest BCUT2D eigenvalue weighted by atomic mass is 9.46. The molecule has 0 spiro atoms. The fourth-order valence-corrected chi connectivity index (χ4v) is 8.31. The lowest BCUT2D eigenvalue weighted by molar-refractivity contribution is -0.143. The summed E-state index contributed by atoms with van der Waals surface area (Å²) >= 11 is 0. The molecule has 4 aliphatic carbocycles. The van der Waals surface area contributed by atoms with Crippen molar-refractivity contribution in [3.63, 3.8) is 0 Å². The molecule has 0 aromatic carbocycles. The summed E-state index contributed by atoms with van der Waals surface area (Å²) in [6.07, 6.45) is 13.1. The highest BCUT2D eigenvalue weighted by Crippen LogP contribution is 2.67. The van der Waals surface area contributed by atoms with Crippen LogP contribution in [0.2, 0.25) is 0 Å². The largest absolute Gasteiger partial charge is 0.466 e. The minimum atomic E-state index is -0.0332. The van der Waals surface area contributed by atoms with Crippen molar-refractivity contribution in [3.05, 3.63) is 11.6 Å². The van der Waals surface area contributed by atoms with Gasteiger partial charge in [0.25, 0.3) is 0 Å². The van der Waals surface area contributed by atoms with Crippen molar-refractivity contribution in [1.82, 2.24) is 0 Å². The Bertz CT molecular complexity index is 694. The molecule has 162 valence electrons. The maximum Gasteiger partial charge on any atom is 0.305 e. The van der Waals surface area contributed by atoms with Crippen LogP contribution >= 0.6 is 0 Å². The van der Waals surface area contributed by atoms with Gasteiger partial charge < -0.3 is 4.74 Å². The Morgan fingerprint density at radius 2 is 1.93 bits per heavy atom. The van der Waals surface area contributed by atoms with Crippen molar-refractivity contribution in [2.24, 2.45) is 40.4 Å². The topological polar surface area (TPSA) is 43.4 Å². The van der Waals surface area contributed by atoms with Gasteiger partial charge in [0.15, 0.2) is 5.78 Å². The quantitative estimate of drug-likeness (QED) is 0.523. The van der Waals surface area contributed by atoms with Gasteiger partial charge in [0, 0.05) is 12.8 Å². The number of ketones is 1. The number of fused-ring (bicyclic) bond motifs is 5. The predicted molar refractivity (Wildman–Crippen MR) is 115 cm³/mol. The smallest absolute Gasteiger partial charge is 0.305 e. The van der Waals surface area contributed by atoms with Gasteiger partial charge in [0.2, 0.25) is 0 Å². The Kier molecular flexibility index (Phi) is 5.72. The van der Waals surface area contributed by atoms with E-state index in [1.54, 1.807) is 0 Å². The normalized spacial score (nSPS) is 42.3. The molecule has 7 atom stereocenters. The van der Waals surface area contributed by atoms with E-state index < -0.39 is 0 Å². The molecular formula is C26H40O3. The van der Waals surface area contributed by atoms with Gasteiger partial charge in [-0.3, -0.25) is 9.59 Å². The molecule has 3 heteroatoms. The zero-order valence-electron chi connectivity index (χ0n) is 19.0. The SMILES string of the molecule is CCOC(=O)CC[C@@H](C)[C@H]1CC[C@H]2[C@H]3CCC4=CC(=O)CC[C@]4(C)[C@@H]3CC[C@]12C. The second kappa shape index (κ2) is 7.85. The number of hydrogen-bond donors (Lipinski definition) is 0. The van der Waals surface area contributed by atoms with E-state index in [9.17, 15) is 9.59 Å². The monoisotopic (exact) mass is 400 g/mol. The molecule has 0 bridgehead atoms. The second-order valence-corrected chi connectivity index (χ2v) is 11.0. The summed E-state index contributed by atoms with van der Waals surface area (Å²) in [7, 11) is 0. The average Bonchev–Trinajstić information content (AvgIpc) is 3.04. The lowest BCUT2D eigenvalue weighted by Crippen LogP contribution is -2.51. The van der Waals surface area contributed by atoms with Crippen LogP contribution in [0.25, 0.3) is 0 Å². The zero-order chi connectivity index (χ0) is 20.8. The van der Waals surface area contributed by atoms with E-state index in [1.165, 1.54) is 37.7 Å². The summed E-state index contributed by atoms with van der Waals surface area (Å²) in [6.45, 7) is 9.79. The second-order valence-electron chi connectivity index (χ2n) is 11.0. The molecule has 0 N–H and O–H groups in total. The molecule has 4 rings (SSSR count). The number of allylic oxidation sites excluding steroid dienone is 1. The fraction of sp³-hybridized carbons (Fsp3) is 0.846. The van der Waals surface area contributed by atoms with Crippen molar-refractivity contribution in [1.29, 1.82) is 0 Å². The van der Waals surface area contributed by atoms with Gasteiger partial charge in [-0.05, 0) is 105 Å². The summed E-state index contributed by atoms with van der Waals surface area (Å²) in [5.41, 5.74) is 2.17. The van der Waals surface area contributed by atoms with E-state index in [2.05, 4.69) is 20.8 Å². The average molecular weight is 401 g/mol. The Labute approximate surface area is 177 Å². The standard InChI is InChI=1S/C26H40O3/c1-5-29-24(28)11-6-17(2)21-9-10-22-20-8-7-18-16-19(27)12-14-25(18,3)23(20)13-15-26(21,22)4/h16-17,20-23H,5-15H2,1-4H3/t17-,20-,21-,22+,23-,25+,26-/m1/s1. The molecule has 0 amide bonds. The maximum atomic E-state index is 12.0. The minimum absolute atomic E-state index is 0.0332. The van der Waals surface area contributed by atoms with Gasteiger partial charge >= 0.3 is 5.97 Å². The Balaban J connectivity index is 1.48. The first kappa shape index (κ1) is 21.1. The van der Waals surface area contributed by atoms with Gasteiger partial charge in [-0.15, -0.1) is 0 Å². The summed E-state index contributed by atoms with van der Waals surface area (Å²) < 4.78 is 5.16. The van der Waals surface area contributed by atoms with Crippen LogP contribution in [0.4, 0.5) is 0 Å². The highest BCUT2D eigenvalue weighted by Gasteiger charge is 2.59. The Morgan fingerprint density at radius 1 is 1.14 bits per heavy atom. The Hall–Kier alpha value is -1.12. The van der Waals surface area contributed by atoms with Crippen LogP contribution in [0.5, 0.6) is 0 Å². The molecule has 29 heavy (non-hydrogen) atoms. The first-order valence-corrected chi connectivity index (χ1v) is 12.2. The molecule has 0 heterocycles. The summed E-state index contributed by atoms with van der Waals surface area (Å²) in [5.74, 6) is 4.07. The van der Waals surface area contributed by atoms with Crippen LogP contribution in [0.1, 0.15) is 91.9 Å². The molecular weight excluding hydrogens is 360 g/mol. The fourth-order valence-electron chi connectivity index (χ4n) is 8.31. The van der Waals surface area contributed by atoms with Crippen molar-refractivity contribution >= 4 is 11.8 Å². The van der Waals surface area contributed by atoms with Crippen LogP contribution in [0.3, 0.4) is 0 Å². The number of carbonyl (C=O) groups excluding carboxylic acids is 2. The molecule has 4 aliphatic rings. The molecule has 0 saturated heterocycles.